The second kappa shape index (κ2) is 3.75. The maximum absolute atomic E-state index is 6.16. The quantitative estimate of drug-likeness (QED) is 0.844. The maximum atomic E-state index is 6.16. The van der Waals surface area contributed by atoms with E-state index < -0.39 is 0 Å². The van der Waals surface area contributed by atoms with Crippen LogP contribution in [0.4, 0.5) is 0 Å². The third-order valence-electron chi connectivity index (χ3n) is 2.84. The van der Waals surface area contributed by atoms with Crippen LogP contribution < -0.4 is 5.73 Å². The van der Waals surface area contributed by atoms with Gasteiger partial charge in [0.1, 0.15) is 11.3 Å². The molecule has 0 aliphatic rings. The van der Waals surface area contributed by atoms with Gasteiger partial charge < -0.3 is 10.7 Å². The lowest BCUT2D eigenvalue weighted by molar-refractivity contribution is 0.509. The van der Waals surface area contributed by atoms with Gasteiger partial charge in [-0.05, 0) is 24.6 Å². The van der Waals surface area contributed by atoms with Crippen LogP contribution >= 0.6 is 11.6 Å². The van der Waals surface area contributed by atoms with Crippen LogP contribution in [0.5, 0.6) is 0 Å². The van der Waals surface area contributed by atoms with E-state index in [-0.39, 0.29) is 5.41 Å². The molecule has 0 unspecified atom stereocenters. The predicted octanol–water partition coefficient (Wildman–Crippen LogP) is 2.76. The molecule has 0 fully saturated rings. The molecule has 16 heavy (non-hydrogen) atoms. The summed E-state index contributed by atoms with van der Waals surface area (Å²) in [6.07, 6.45) is 0. The van der Waals surface area contributed by atoms with Gasteiger partial charge in [-0.1, -0.05) is 25.4 Å². The Morgan fingerprint density at radius 2 is 2.12 bits per heavy atom. The molecule has 3 N–H and O–H groups in total. The molecule has 0 atom stereocenters. The summed E-state index contributed by atoms with van der Waals surface area (Å²) in [4.78, 5) is 7.82. The zero-order valence-electron chi connectivity index (χ0n) is 9.76. The van der Waals surface area contributed by atoms with Crippen LogP contribution in [0.2, 0.25) is 5.02 Å². The zero-order valence-corrected chi connectivity index (χ0v) is 10.5. The number of imidazole rings is 1. The number of hydrogen-bond donors (Lipinski definition) is 2. The summed E-state index contributed by atoms with van der Waals surface area (Å²) >= 11 is 6.16. The van der Waals surface area contributed by atoms with Crippen LogP contribution in [0, 0.1) is 6.92 Å². The van der Waals surface area contributed by atoms with Crippen molar-refractivity contribution in [1.82, 2.24) is 9.97 Å². The maximum Gasteiger partial charge on any atom is 0.114 e. The van der Waals surface area contributed by atoms with Crippen molar-refractivity contribution in [3.05, 3.63) is 28.5 Å². The van der Waals surface area contributed by atoms with E-state index in [9.17, 15) is 0 Å². The molecule has 0 spiro atoms. The molecule has 0 amide bonds. The normalized spacial score (nSPS) is 12.3. The van der Waals surface area contributed by atoms with Gasteiger partial charge in [0.2, 0.25) is 0 Å². The Balaban J connectivity index is 2.65. The third kappa shape index (κ3) is 1.81. The molecule has 1 heterocycles. The first kappa shape index (κ1) is 11.4. The predicted molar refractivity (Wildman–Crippen MR) is 67.9 cm³/mol. The number of halogens is 1. The van der Waals surface area contributed by atoms with Crippen LogP contribution in [0.15, 0.2) is 12.1 Å². The van der Waals surface area contributed by atoms with Crippen LogP contribution in [0.1, 0.15) is 25.2 Å². The van der Waals surface area contributed by atoms with E-state index in [0.29, 0.717) is 11.6 Å². The molecule has 0 saturated carbocycles. The van der Waals surface area contributed by atoms with E-state index in [4.69, 9.17) is 17.3 Å². The van der Waals surface area contributed by atoms with Crippen molar-refractivity contribution < 1.29 is 0 Å². The first-order chi connectivity index (χ1) is 7.44. The Morgan fingerprint density at radius 1 is 1.44 bits per heavy atom. The highest BCUT2D eigenvalue weighted by atomic mass is 35.5. The van der Waals surface area contributed by atoms with Gasteiger partial charge in [-0.2, -0.15) is 0 Å². The van der Waals surface area contributed by atoms with E-state index >= 15 is 0 Å². The van der Waals surface area contributed by atoms with Gasteiger partial charge in [0.25, 0.3) is 0 Å². The zero-order chi connectivity index (χ0) is 11.9. The summed E-state index contributed by atoms with van der Waals surface area (Å²) in [5, 5.41) is 0.685. The van der Waals surface area contributed by atoms with Crippen molar-refractivity contribution in [2.24, 2.45) is 5.73 Å². The van der Waals surface area contributed by atoms with Gasteiger partial charge in [0.15, 0.2) is 0 Å². The second-order valence-corrected chi connectivity index (χ2v) is 5.22. The summed E-state index contributed by atoms with van der Waals surface area (Å²) in [6.45, 7) is 6.68. The monoisotopic (exact) mass is 237 g/mol. The summed E-state index contributed by atoms with van der Waals surface area (Å²) in [5.74, 6) is 0.887. The van der Waals surface area contributed by atoms with Crippen molar-refractivity contribution in [1.29, 1.82) is 0 Å². The summed E-state index contributed by atoms with van der Waals surface area (Å²) in [6, 6.07) is 3.97. The molecule has 0 aliphatic heterocycles. The number of benzene rings is 1. The summed E-state index contributed by atoms with van der Waals surface area (Å²) in [7, 11) is 0. The van der Waals surface area contributed by atoms with Gasteiger partial charge in [0, 0.05) is 12.0 Å². The average molecular weight is 238 g/mol. The number of H-pyrrole nitrogens is 1. The lowest BCUT2D eigenvalue weighted by Crippen LogP contribution is -2.29. The van der Waals surface area contributed by atoms with E-state index in [0.717, 1.165) is 22.4 Å². The van der Waals surface area contributed by atoms with E-state index in [1.807, 2.05) is 19.1 Å². The lowest BCUT2D eigenvalue weighted by atomic mass is 9.93. The molecule has 0 radical (unpaired) electrons. The Hall–Kier alpha value is -1.06. The Labute approximate surface area is 100 Å². The minimum atomic E-state index is -0.156. The molecule has 1 aromatic heterocycles. The average Bonchev–Trinajstić information content (AvgIpc) is 2.62. The Kier molecular flexibility index (Phi) is 2.68. The van der Waals surface area contributed by atoms with Crippen LogP contribution in [0.3, 0.4) is 0 Å². The van der Waals surface area contributed by atoms with Crippen molar-refractivity contribution in [3.8, 4) is 0 Å². The molecule has 0 saturated heterocycles. The fourth-order valence-electron chi connectivity index (χ4n) is 1.63. The third-order valence-corrected chi connectivity index (χ3v) is 3.12. The second-order valence-electron chi connectivity index (χ2n) is 4.82. The first-order valence-corrected chi connectivity index (χ1v) is 5.68. The fourth-order valence-corrected chi connectivity index (χ4v) is 1.94. The van der Waals surface area contributed by atoms with Crippen LogP contribution in [0.25, 0.3) is 11.0 Å². The molecular weight excluding hydrogens is 222 g/mol. The molecule has 86 valence electrons. The number of rotatable bonds is 2. The van der Waals surface area contributed by atoms with Crippen molar-refractivity contribution in [2.45, 2.75) is 26.2 Å². The molecule has 2 aromatic rings. The highest BCUT2D eigenvalue weighted by Crippen LogP contribution is 2.27. The molecule has 3 nitrogen and oxygen atoms in total. The van der Waals surface area contributed by atoms with Crippen LogP contribution in [-0.4, -0.2) is 16.5 Å². The number of nitrogens with zero attached hydrogens (tertiary/aromatic N) is 1. The largest absolute Gasteiger partial charge is 0.341 e. The van der Waals surface area contributed by atoms with E-state index in [1.165, 1.54) is 0 Å². The SMILES string of the molecule is Cc1cc(Cl)c2nc(C(C)(C)CN)[nH]c2c1. The van der Waals surface area contributed by atoms with E-state index in [2.05, 4.69) is 23.8 Å². The van der Waals surface area contributed by atoms with Gasteiger partial charge in [-0.3, -0.25) is 0 Å². The molecule has 0 aliphatic carbocycles. The Bertz CT molecular complexity index is 528. The highest BCUT2D eigenvalue weighted by Gasteiger charge is 2.23. The van der Waals surface area contributed by atoms with Gasteiger partial charge in [-0.15, -0.1) is 0 Å². The Morgan fingerprint density at radius 3 is 2.75 bits per heavy atom. The molecule has 1 aromatic carbocycles. The summed E-state index contributed by atoms with van der Waals surface area (Å²) in [5.41, 5.74) is 8.50. The minimum absolute atomic E-state index is 0.156. The summed E-state index contributed by atoms with van der Waals surface area (Å²) < 4.78 is 0. The van der Waals surface area contributed by atoms with Gasteiger partial charge >= 0.3 is 0 Å². The highest BCUT2D eigenvalue weighted by molar-refractivity contribution is 6.35. The molecular formula is C12H16ClN3. The lowest BCUT2D eigenvalue weighted by Gasteiger charge is -2.18. The number of hydrogen-bond acceptors (Lipinski definition) is 2. The topological polar surface area (TPSA) is 54.7 Å². The fraction of sp³-hybridized carbons (Fsp3) is 0.417. The molecule has 2 rings (SSSR count). The van der Waals surface area contributed by atoms with Crippen molar-refractivity contribution in [3.63, 3.8) is 0 Å². The first-order valence-electron chi connectivity index (χ1n) is 5.30. The van der Waals surface area contributed by atoms with E-state index in [1.54, 1.807) is 0 Å². The smallest absolute Gasteiger partial charge is 0.114 e. The number of nitrogens with two attached hydrogens (primary N) is 1. The van der Waals surface area contributed by atoms with Crippen molar-refractivity contribution in [2.75, 3.05) is 6.54 Å². The minimum Gasteiger partial charge on any atom is -0.341 e. The molecule has 0 bridgehead atoms. The molecule has 4 heteroatoms. The number of aryl methyl sites for hydroxylation is 1. The van der Waals surface area contributed by atoms with Gasteiger partial charge in [0.05, 0.1) is 10.5 Å². The van der Waals surface area contributed by atoms with Crippen LogP contribution in [-0.2, 0) is 5.41 Å². The standard InChI is InChI=1S/C12H16ClN3/c1-7-4-8(13)10-9(5-7)15-11(16-10)12(2,3)6-14/h4-5H,6,14H2,1-3H3,(H,15,16). The number of fused-ring (bicyclic) bond motifs is 1. The number of nitrogens with one attached hydrogen (secondary N) is 1. The van der Waals surface area contributed by atoms with Gasteiger partial charge in [-0.25, -0.2) is 4.98 Å². The number of aromatic nitrogens is 2. The number of aromatic amines is 1. The van der Waals surface area contributed by atoms with Crippen molar-refractivity contribution >= 4 is 22.6 Å².